The van der Waals surface area contributed by atoms with E-state index in [2.05, 4.69) is 156 Å². The van der Waals surface area contributed by atoms with E-state index in [9.17, 15) is 0 Å². The molecule has 0 unspecified atom stereocenters. The van der Waals surface area contributed by atoms with Crippen molar-refractivity contribution < 1.29 is 61.6 Å². The highest BCUT2D eigenvalue weighted by Crippen LogP contribution is 2.60. The zero-order valence-corrected chi connectivity index (χ0v) is 82.4. The van der Waals surface area contributed by atoms with E-state index in [1.165, 1.54) is 40.7 Å². The Morgan fingerprint density at radius 3 is 0.721 bits per heavy atom. The predicted octanol–water partition coefficient (Wildman–Crippen LogP) is 32.0. The molecule has 19 heteroatoms. The van der Waals surface area contributed by atoms with E-state index in [0.29, 0.717) is 139 Å². The van der Waals surface area contributed by atoms with Crippen LogP contribution in [0.3, 0.4) is 0 Å². The molecule has 0 spiro atoms. The Morgan fingerprint density at radius 1 is 0.207 bits per heavy atom. The first-order valence-corrected chi connectivity index (χ1v) is 52.5. The molecule has 0 amide bonds. The van der Waals surface area contributed by atoms with Gasteiger partial charge in [-0.1, -0.05) is 320 Å². The van der Waals surface area contributed by atoms with Crippen molar-refractivity contribution in [3.8, 4) is 74.7 Å². The second-order valence-corrected chi connectivity index (χ2v) is 41.4. The molecule has 0 aromatic heterocycles. The van der Waals surface area contributed by atoms with Crippen LogP contribution in [-0.4, -0.2) is 5.75 Å². The molecule has 140 heavy (non-hydrogen) atoms. The predicted molar refractivity (Wildman–Crippen MR) is 572 cm³/mol. The number of hydrogen-bond acceptors (Lipinski definition) is 19. The highest BCUT2D eigenvalue weighted by Gasteiger charge is 2.28. The third-order valence-electron chi connectivity index (χ3n) is 23.8. The topological polar surface area (TPSA) is 120 Å². The molecule has 1 saturated carbocycles. The first kappa shape index (κ1) is 95.4. The van der Waals surface area contributed by atoms with Crippen LogP contribution in [-0.2, 0) is 91.6 Å². The van der Waals surface area contributed by atoms with Gasteiger partial charge in [0.05, 0.1) is 16.9 Å². The lowest BCUT2D eigenvalue weighted by Crippen LogP contribution is -2.15. The van der Waals surface area contributed by atoms with Gasteiger partial charge in [-0.05, 0) is 216 Å². The molecule has 13 nitrogen and oxygen atoms in total. The molecular formula is C121H106O13S6. The molecule has 0 saturated heterocycles. The molecular weight excluding hydrogens is 1850 g/mol. The van der Waals surface area contributed by atoms with Crippen molar-refractivity contribution in [2.75, 3.05) is 5.75 Å². The summed E-state index contributed by atoms with van der Waals surface area (Å²) in [6.07, 6.45) is 4.61. The Hall–Kier alpha value is -13.5. The van der Waals surface area contributed by atoms with E-state index in [0.717, 1.165) is 108 Å². The van der Waals surface area contributed by atoms with Crippen LogP contribution >= 0.6 is 70.6 Å². The van der Waals surface area contributed by atoms with Crippen LogP contribution in [0.4, 0.5) is 0 Å². The maximum atomic E-state index is 6.96. The lowest BCUT2D eigenvalue weighted by molar-refractivity contribution is 0.273. The minimum atomic E-state index is 0.220. The van der Waals surface area contributed by atoms with E-state index in [1.807, 2.05) is 313 Å². The maximum Gasteiger partial charge on any atom is 0.127 e. The molecule has 19 rings (SSSR count). The molecule has 1 aliphatic carbocycles. The van der Waals surface area contributed by atoms with Crippen molar-refractivity contribution in [3.63, 3.8) is 0 Å². The lowest BCUT2D eigenvalue weighted by atomic mass is 9.78. The second kappa shape index (κ2) is 49.4. The molecule has 16 aromatic rings. The van der Waals surface area contributed by atoms with Crippen molar-refractivity contribution >= 4 is 81.3 Å². The highest BCUT2D eigenvalue weighted by atomic mass is 32.2. The summed E-state index contributed by atoms with van der Waals surface area (Å²) in [4.78, 5) is 0. The van der Waals surface area contributed by atoms with Crippen LogP contribution in [0.2, 0.25) is 0 Å². The van der Waals surface area contributed by atoms with Gasteiger partial charge >= 0.3 is 0 Å². The Bertz CT molecular complexity index is 6280. The van der Waals surface area contributed by atoms with Gasteiger partial charge in [0.1, 0.15) is 161 Å². The van der Waals surface area contributed by atoms with Gasteiger partial charge in [-0.3, -0.25) is 0 Å². The molecule has 0 radical (unpaired) electrons. The van der Waals surface area contributed by atoms with Gasteiger partial charge < -0.3 is 61.6 Å². The first-order chi connectivity index (χ1) is 69.2. The summed E-state index contributed by atoms with van der Waals surface area (Å²) in [6, 6.07) is 131. The summed E-state index contributed by atoms with van der Waals surface area (Å²) in [5.74, 6) is 11.7. The number of thioether (sulfide) groups is 6. The largest absolute Gasteiger partial charge is 0.489 e. The molecule has 0 atom stereocenters. The summed E-state index contributed by atoms with van der Waals surface area (Å²) in [6.45, 7) is 4.46. The van der Waals surface area contributed by atoms with Crippen LogP contribution in [0.25, 0.3) is 10.8 Å². The van der Waals surface area contributed by atoms with Gasteiger partial charge in [-0.25, -0.2) is 0 Å². The molecule has 1 fully saturated rings. The zero-order chi connectivity index (χ0) is 94.3. The van der Waals surface area contributed by atoms with Crippen molar-refractivity contribution in [1.29, 1.82) is 0 Å². The van der Waals surface area contributed by atoms with Crippen LogP contribution in [0, 0.1) is 5.92 Å². The van der Waals surface area contributed by atoms with Crippen LogP contribution in [0.1, 0.15) is 115 Å². The Balaban J connectivity index is 0.496. The van der Waals surface area contributed by atoms with E-state index in [4.69, 9.17) is 61.6 Å². The van der Waals surface area contributed by atoms with Gasteiger partial charge in [-0.15, -0.1) is 23.5 Å². The van der Waals surface area contributed by atoms with E-state index >= 15 is 0 Å². The van der Waals surface area contributed by atoms with Gasteiger partial charge in [0, 0.05) is 53.3 Å². The minimum Gasteiger partial charge on any atom is -0.489 e. The fourth-order valence-corrected chi connectivity index (χ4v) is 24.4. The summed E-state index contributed by atoms with van der Waals surface area (Å²) in [5.41, 5.74) is 15.4. The van der Waals surface area contributed by atoms with Gasteiger partial charge in [0.25, 0.3) is 0 Å². The highest BCUT2D eigenvalue weighted by molar-refractivity contribution is 8.40. The summed E-state index contributed by atoms with van der Waals surface area (Å²) in [5, 5.41) is 6.99. The van der Waals surface area contributed by atoms with E-state index in [1.54, 1.807) is 0 Å². The molecule has 2 heterocycles. The Morgan fingerprint density at radius 2 is 0.443 bits per heavy atom. The maximum absolute atomic E-state index is 6.96. The first-order valence-electron chi connectivity index (χ1n) is 47.1. The van der Waals surface area contributed by atoms with Gasteiger partial charge in [0.2, 0.25) is 0 Å². The zero-order valence-electron chi connectivity index (χ0n) is 77.5. The normalized spacial score (nSPS) is 14.4. The lowest BCUT2D eigenvalue weighted by Gasteiger charge is -2.29. The number of fused-ring (bicyclic) bond motifs is 1. The van der Waals surface area contributed by atoms with Crippen LogP contribution < -0.4 is 61.6 Å². The SMILES string of the molecule is C1=C(SCc2cc(OCc3cc(OCc4ccccc4)cc(OCc4ccccc4)c3)cc(OCc3cc(OCc4ccccc4)cc(OCc4ccccc4)c3)c2)S/C(=C2\SC=C(SCC3CCC(c4cccc5c(OCc6cc(OCc7cc(OCc8ccccc8)cc(OCc8ccccc8)c7)cc(OCc7cc(OCc8ccccc8)cc(OCc8ccccc8)c7)c6)cccc45)CC3)S2)S1. The summed E-state index contributed by atoms with van der Waals surface area (Å²) >= 11 is 11.3. The molecule has 0 N–H and O–H groups in total. The van der Waals surface area contributed by atoms with E-state index in [-0.39, 0.29) is 33.0 Å². The number of ether oxygens (including phenoxy) is 13. The molecule has 2 aliphatic heterocycles. The standard InChI is InChI=1S/C121H106O13S6/c1-9-27-86(28-10-1)69-122-102-51-95(52-103(63-102)123-70-87-29-11-2-12-30-87)77-130-110-59-99(60-111(67-110)131-78-96-53-104(124-71-88-31-13-3-14-32-88)64-105(54-96)125-72-89-33-15-4-16-34-89)81-134-117-46-26-44-115-114(43-25-45-116(115)117)101-49-47-94(48-50-101)82-135-118-84-137-120(139-118)121-138-85-119(140-121)136-83-100-61-112(132-79-97-55-106(126-73-90-35-17-5-18-36-90)65-107(56-97)127-74-91-37-19-6-20-38-91)68-113(62-100)133-80-98-57-108(128-75-92-39-21-7-22-40-92)66-109(58-98)129-76-93-41-23-8-24-42-93/h1-46,51-68,84-85,94,101H,47-50,69-83H2/b121-120+. The second-order valence-electron chi connectivity index (χ2n) is 34.4. The minimum absolute atomic E-state index is 0.220. The van der Waals surface area contributed by atoms with Crippen molar-refractivity contribution in [2.24, 2.45) is 5.92 Å². The smallest absolute Gasteiger partial charge is 0.127 e. The van der Waals surface area contributed by atoms with Crippen LogP contribution in [0.5, 0.6) is 74.7 Å². The fourth-order valence-electron chi connectivity index (χ4n) is 16.6. The third-order valence-corrected chi connectivity index (χ3v) is 32.0. The number of benzene rings is 16. The molecule has 16 aromatic carbocycles. The third kappa shape index (κ3) is 28.6. The fraction of sp³-hybridized carbons (Fsp3) is 0.174. The van der Waals surface area contributed by atoms with Crippen molar-refractivity contribution in [2.45, 2.75) is 123 Å². The molecule has 3 aliphatic rings. The average molecular weight is 1960 g/mol. The van der Waals surface area contributed by atoms with E-state index < -0.39 is 0 Å². The molecule has 704 valence electrons. The Labute approximate surface area is 845 Å². The van der Waals surface area contributed by atoms with Crippen molar-refractivity contribution in [3.05, 3.63) is 499 Å². The number of hydrogen-bond donors (Lipinski definition) is 0. The van der Waals surface area contributed by atoms with Gasteiger partial charge in [0.15, 0.2) is 0 Å². The summed E-state index contributed by atoms with van der Waals surface area (Å²) in [7, 11) is 0. The Kier molecular flexibility index (Phi) is 33.6. The summed E-state index contributed by atoms with van der Waals surface area (Å²) < 4.78 is 90.9. The average Bonchev–Trinajstić information content (AvgIpc) is 0.875. The monoisotopic (exact) mass is 1960 g/mol. The quantitative estimate of drug-likeness (QED) is 0.0359. The van der Waals surface area contributed by atoms with Crippen molar-refractivity contribution in [1.82, 2.24) is 0 Å². The van der Waals surface area contributed by atoms with Crippen LogP contribution in [0.15, 0.2) is 416 Å². The number of rotatable bonds is 46. The molecule has 0 bridgehead atoms. The van der Waals surface area contributed by atoms with Gasteiger partial charge in [-0.2, -0.15) is 0 Å².